The van der Waals surface area contributed by atoms with Crippen LogP contribution in [0.1, 0.15) is 41.5 Å². The van der Waals surface area contributed by atoms with Gasteiger partial charge in [0.2, 0.25) is 0 Å². The van der Waals surface area contributed by atoms with Gasteiger partial charge >= 0.3 is 12.2 Å². The van der Waals surface area contributed by atoms with Crippen molar-refractivity contribution in [1.82, 2.24) is 10.4 Å². The highest BCUT2D eigenvalue weighted by Crippen LogP contribution is 2.21. The molecule has 1 atom stereocenters. The van der Waals surface area contributed by atoms with Crippen molar-refractivity contribution in [2.24, 2.45) is 0 Å². The Kier molecular flexibility index (Phi) is 7.01. The molecule has 1 fully saturated rings. The highest BCUT2D eigenvalue weighted by atomic mass is 32.2. The van der Waals surface area contributed by atoms with E-state index in [0.29, 0.717) is 19.7 Å². The lowest BCUT2D eigenvalue weighted by Crippen LogP contribution is -2.46. The second kappa shape index (κ2) is 8.10. The highest BCUT2D eigenvalue weighted by Gasteiger charge is 2.28. The van der Waals surface area contributed by atoms with Crippen molar-refractivity contribution in [2.45, 2.75) is 58.0 Å². The molecule has 134 valence electrons. The van der Waals surface area contributed by atoms with Crippen molar-refractivity contribution in [3.8, 4) is 0 Å². The summed E-state index contributed by atoms with van der Waals surface area (Å²) in [5, 5.41) is 0.0752. The van der Waals surface area contributed by atoms with Gasteiger partial charge in [0.25, 0.3) is 0 Å². The Morgan fingerprint density at radius 1 is 1.13 bits per heavy atom. The fraction of sp³-hybridized carbons (Fsp3) is 0.867. The van der Waals surface area contributed by atoms with Crippen LogP contribution in [-0.2, 0) is 14.3 Å². The van der Waals surface area contributed by atoms with E-state index in [1.165, 1.54) is 0 Å². The van der Waals surface area contributed by atoms with E-state index < -0.39 is 17.3 Å². The normalized spacial score (nSPS) is 19.2. The molecule has 1 N–H and O–H groups in total. The summed E-state index contributed by atoms with van der Waals surface area (Å²) in [5.74, 6) is 0.805. The van der Waals surface area contributed by atoms with E-state index in [-0.39, 0.29) is 11.3 Å². The van der Waals surface area contributed by atoms with Gasteiger partial charge in [0, 0.05) is 24.1 Å². The lowest BCUT2D eigenvalue weighted by Gasteiger charge is -2.33. The maximum Gasteiger partial charge on any atom is 0.431 e. The summed E-state index contributed by atoms with van der Waals surface area (Å²) in [6.07, 6.45) is -0.940. The summed E-state index contributed by atoms with van der Waals surface area (Å²) in [6, 6.07) is 0. The first kappa shape index (κ1) is 19.9. The number of hydrogen-bond donors (Lipinski definition) is 1. The molecule has 0 bridgehead atoms. The summed E-state index contributed by atoms with van der Waals surface area (Å²) in [4.78, 5) is 30.4. The van der Waals surface area contributed by atoms with Gasteiger partial charge in [-0.05, 0) is 41.5 Å². The monoisotopic (exact) mass is 348 g/mol. The second-order valence-electron chi connectivity index (χ2n) is 7.33. The number of ether oxygens (including phenoxy) is 2. The zero-order valence-electron chi connectivity index (χ0n) is 14.8. The molecule has 0 aromatic rings. The van der Waals surface area contributed by atoms with Crippen molar-refractivity contribution < 1.29 is 23.9 Å². The number of carbonyl (C=O) groups is 2. The smallest absolute Gasteiger partial charge is 0.431 e. The van der Waals surface area contributed by atoms with Crippen molar-refractivity contribution in [3.05, 3.63) is 0 Å². The lowest BCUT2D eigenvalue weighted by molar-refractivity contribution is -0.0105. The summed E-state index contributed by atoms with van der Waals surface area (Å²) < 4.78 is 10.4. The third kappa shape index (κ3) is 8.90. The van der Waals surface area contributed by atoms with Gasteiger partial charge in [0.15, 0.2) is 0 Å². The van der Waals surface area contributed by atoms with E-state index in [1.54, 1.807) is 37.4 Å². The van der Waals surface area contributed by atoms with Crippen LogP contribution in [-0.4, -0.2) is 59.0 Å². The molecule has 1 aliphatic rings. The highest BCUT2D eigenvalue weighted by molar-refractivity contribution is 8.00. The average Bonchev–Trinajstić information content (AvgIpc) is 2.35. The molecule has 7 nitrogen and oxygen atoms in total. The molecule has 8 heteroatoms. The molecule has 1 saturated heterocycles. The Morgan fingerprint density at radius 3 is 2.30 bits per heavy atom. The van der Waals surface area contributed by atoms with Gasteiger partial charge in [-0.25, -0.2) is 9.59 Å². The summed E-state index contributed by atoms with van der Waals surface area (Å²) in [5.41, 5.74) is 1.18. The first-order valence-electron chi connectivity index (χ1n) is 7.66. The van der Waals surface area contributed by atoms with Gasteiger partial charge in [-0.3, -0.25) is 4.84 Å². The van der Waals surface area contributed by atoms with Crippen LogP contribution < -0.4 is 5.48 Å². The predicted octanol–water partition coefficient (Wildman–Crippen LogP) is 2.80. The minimum absolute atomic E-state index is 0.0752. The molecule has 23 heavy (non-hydrogen) atoms. The van der Waals surface area contributed by atoms with Gasteiger partial charge in [-0.15, -0.1) is 0 Å². The number of nitrogens with one attached hydrogen (secondary N) is 1. The quantitative estimate of drug-likeness (QED) is 0.790. The van der Waals surface area contributed by atoms with Crippen LogP contribution in [0, 0.1) is 0 Å². The number of carbonyl (C=O) groups excluding carboxylic acids is 2. The number of hydroxylamine groups is 1. The Morgan fingerprint density at radius 2 is 1.74 bits per heavy atom. The minimum Gasteiger partial charge on any atom is -0.444 e. The summed E-state index contributed by atoms with van der Waals surface area (Å²) in [6.45, 7) is 12.3. The van der Waals surface area contributed by atoms with Crippen molar-refractivity contribution >= 4 is 23.9 Å². The van der Waals surface area contributed by atoms with Crippen molar-refractivity contribution in [1.29, 1.82) is 0 Å². The van der Waals surface area contributed by atoms with E-state index in [4.69, 9.17) is 14.3 Å². The minimum atomic E-state index is -0.623. The first-order valence-corrected chi connectivity index (χ1v) is 8.71. The molecule has 0 spiro atoms. The molecule has 1 rings (SSSR count). The standard InChI is InChI=1S/C15H28N2O5S/c1-14(2,3)21-12(18)16-20-10-11-9-17(7-8-23-11)13(19)22-15(4,5)6/h11H,7-10H2,1-6H3,(H,16,18). The topological polar surface area (TPSA) is 77.1 Å². The van der Waals surface area contributed by atoms with Gasteiger partial charge < -0.3 is 14.4 Å². The first-order chi connectivity index (χ1) is 10.5. The average molecular weight is 348 g/mol. The molecule has 0 aromatic heterocycles. The zero-order valence-corrected chi connectivity index (χ0v) is 15.6. The fourth-order valence-corrected chi connectivity index (χ4v) is 2.91. The van der Waals surface area contributed by atoms with Crippen LogP contribution >= 0.6 is 11.8 Å². The number of thioether (sulfide) groups is 1. The van der Waals surface area contributed by atoms with Gasteiger partial charge in [-0.2, -0.15) is 17.2 Å². The number of amides is 2. The van der Waals surface area contributed by atoms with Crippen molar-refractivity contribution in [3.63, 3.8) is 0 Å². The van der Waals surface area contributed by atoms with E-state index >= 15 is 0 Å². The van der Waals surface area contributed by atoms with Gasteiger partial charge in [-0.1, -0.05) is 0 Å². The maximum absolute atomic E-state index is 12.1. The van der Waals surface area contributed by atoms with Gasteiger partial charge in [0.1, 0.15) is 11.2 Å². The van der Waals surface area contributed by atoms with Gasteiger partial charge in [0.05, 0.1) is 6.61 Å². The Labute approximate surface area is 142 Å². The number of hydrogen-bond acceptors (Lipinski definition) is 6. The van der Waals surface area contributed by atoms with Crippen LogP contribution in [0.25, 0.3) is 0 Å². The molecule has 0 aliphatic carbocycles. The Bertz CT molecular complexity index is 417. The molecular weight excluding hydrogens is 320 g/mol. The SMILES string of the molecule is CC(C)(C)OC(=O)NOCC1CN(C(=O)OC(C)(C)C)CCS1. The number of nitrogens with zero attached hydrogens (tertiary/aromatic N) is 1. The third-order valence-corrected chi connectivity index (χ3v) is 3.79. The van der Waals surface area contributed by atoms with Crippen LogP contribution in [0.5, 0.6) is 0 Å². The molecule has 0 radical (unpaired) electrons. The maximum atomic E-state index is 12.1. The Balaban J connectivity index is 2.33. The van der Waals surface area contributed by atoms with E-state index in [0.717, 1.165) is 5.75 Å². The Hall–Kier alpha value is -1.15. The molecule has 1 aliphatic heterocycles. The van der Waals surface area contributed by atoms with Crippen LogP contribution in [0.4, 0.5) is 9.59 Å². The lowest BCUT2D eigenvalue weighted by atomic mass is 10.2. The zero-order chi connectivity index (χ0) is 17.7. The molecule has 2 amide bonds. The van der Waals surface area contributed by atoms with E-state index in [1.807, 2.05) is 20.8 Å². The molecule has 1 heterocycles. The predicted molar refractivity (Wildman–Crippen MR) is 89.4 cm³/mol. The summed E-state index contributed by atoms with van der Waals surface area (Å²) in [7, 11) is 0. The third-order valence-electron chi connectivity index (χ3n) is 2.61. The number of rotatable bonds is 3. The molecule has 0 aromatic carbocycles. The fourth-order valence-electron chi connectivity index (χ4n) is 1.80. The van der Waals surface area contributed by atoms with Crippen molar-refractivity contribution in [2.75, 3.05) is 25.4 Å². The van der Waals surface area contributed by atoms with E-state index in [9.17, 15) is 9.59 Å². The largest absolute Gasteiger partial charge is 0.444 e. The summed E-state index contributed by atoms with van der Waals surface area (Å²) >= 11 is 1.70. The van der Waals surface area contributed by atoms with Crippen LogP contribution in [0.2, 0.25) is 0 Å². The van der Waals surface area contributed by atoms with Crippen LogP contribution in [0.3, 0.4) is 0 Å². The molecular formula is C15H28N2O5S. The molecule has 1 unspecified atom stereocenters. The van der Waals surface area contributed by atoms with E-state index in [2.05, 4.69) is 5.48 Å². The molecule has 0 saturated carbocycles. The second-order valence-corrected chi connectivity index (χ2v) is 8.74. The van der Waals surface area contributed by atoms with Crippen LogP contribution in [0.15, 0.2) is 0 Å².